The molecule has 0 aliphatic heterocycles. The smallest absolute Gasteiger partial charge is 0.137 e. The van der Waals surface area contributed by atoms with Crippen molar-refractivity contribution in [1.82, 2.24) is 0 Å². The van der Waals surface area contributed by atoms with E-state index in [0.29, 0.717) is 11.6 Å². The van der Waals surface area contributed by atoms with Crippen molar-refractivity contribution >= 4 is 11.6 Å². The summed E-state index contributed by atoms with van der Waals surface area (Å²) in [4.78, 5) is 0. The molecule has 2 nitrogen and oxygen atoms in total. The molecule has 2 rings (SSSR count). The van der Waals surface area contributed by atoms with Crippen molar-refractivity contribution in [2.75, 3.05) is 6.61 Å². The molecule has 0 spiro atoms. The largest absolute Gasteiger partial charge is 0.490 e. The zero-order valence-corrected chi connectivity index (χ0v) is 10.2. The first kappa shape index (κ1) is 11.7. The second kappa shape index (κ2) is 5.07. The third kappa shape index (κ3) is 2.89. The van der Waals surface area contributed by atoms with E-state index in [1.165, 1.54) is 19.3 Å². The van der Waals surface area contributed by atoms with Crippen LogP contribution in [0.25, 0.3) is 0 Å². The van der Waals surface area contributed by atoms with Crippen LogP contribution in [0, 0.1) is 0 Å². The van der Waals surface area contributed by atoms with Gasteiger partial charge in [-0.05, 0) is 25.0 Å². The number of benzene rings is 1. The van der Waals surface area contributed by atoms with E-state index in [0.717, 1.165) is 18.6 Å². The van der Waals surface area contributed by atoms with Crippen LogP contribution in [0.1, 0.15) is 32.1 Å². The molecule has 0 heterocycles. The number of rotatable bonds is 3. The highest BCUT2D eigenvalue weighted by Gasteiger charge is 2.28. The monoisotopic (exact) mass is 239 g/mol. The van der Waals surface area contributed by atoms with Crippen molar-refractivity contribution in [2.24, 2.45) is 5.73 Å². The molecule has 3 heteroatoms. The topological polar surface area (TPSA) is 35.2 Å². The first-order chi connectivity index (χ1) is 7.70. The molecular formula is C13H18ClNO. The molecule has 0 amide bonds. The van der Waals surface area contributed by atoms with Crippen LogP contribution < -0.4 is 10.5 Å². The predicted molar refractivity (Wildman–Crippen MR) is 67.0 cm³/mol. The quantitative estimate of drug-likeness (QED) is 0.878. The highest BCUT2D eigenvalue weighted by atomic mass is 35.5. The highest BCUT2D eigenvalue weighted by molar-refractivity contribution is 6.32. The molecule has 1 fully saturated rings. The second-order valence-electron chi connectivity index (χ2n) is 4.64. The maximum atomic E-state index is 6.29. The number of para-hydroxylation sites is 1. The van der Waals surface area contributed by atoms with Gasteiger partial charge in [0.25, 0.3) is 0 Å². The number of halogens is 1. The van der Waals surface area contributed by atoms with E-state index < -0.39 is 0 Å². The van der Waals surface area contributed by atoms with Crippen LogP contribution in [0.5, 0.6) is 5.75 Å². The number of hydrogen-bond acceptors (Lipinski definition) is 2. The van der Waals surface area contributed by atoms with Crippen molar-refractivity contribution in [3.8, 4) is 5.75 Å². The molecule has 16 heavy (non-hydrogen) atoms. The highest BCUT2D eigenvalue weighted by Crippen LogP contribution is 2.29. The molecule has 1 aliphatic carbocycles. The summed E-state index contributed by atoms with van der Waals surface area (Å²) in [5.74, 6) is 0.736. The second-order valence-corrected chi connectivity index (χ2v) is 5.05. The minimum absolute atomic E-state index is 0.155. The van der Waals surface area contributed by atoms with Gasteiger partial charge in [-0.2, -0.15) is 0 Å². The van der Waals surface area contributed by atoms with Gasteiger partial charge in [-0.25, -0.2) is 0 Å². The summed E-state index contributed by atoms with van der Waals surface area (Å²) in [5.41, 5.74) is 6.13. The van der Waals surface area contributed by atoms with E-state index in [1.54, 1.807) is 0 Å². The summed E-state index contributed by atoms with van der Waals surface area (Å²) in [7, 11) is 0. The Balaban J connectivity index is 1.94. The lowest BCUT2D eigenvalue weighted by Crippen LogP contribution is -2.47. The first-order valence-electron chi connectivity index (χ1n) is 5.86. The average molecular weight is 240 g/mol. The third-order valence-electron chi connectivity index (χ3n) is 3.20. The minimum atomic E-state index is -0.155. The maximum Gasteiger partial charge on any atom is 0.137 e. The summed E-state index contributed by atoms with van der Waals surface area (Å²) < 4.78 is 5.72. The molecule has 1 saturated carbocycles. The molecule has 1 aromatic rings. The van der Waals surface area contributed by atoms with E-state index in [2.05, 4.69) is 0 Å². The fourth-order valence-corrected chi connectivity index (χ4v) is 2.37. The van der Waals surface area contributed by atoms with Crippen molar-refractivity contribution in [3.05, 3.63) is 29.3 Å². The van der Waals surface area contributed by atoms with E-state index in [-0.39, 0.29) is 5.54 Å². The van der Waals surface area contributed by atoms with Crippen molar-refractivity contribution in [3.63, 3.8) is 0 Å². The first-order valence-corrected chi connectivity index (χ1v) is 6.24. The van der Waals surface area contributed by atoms with Crippen LogP contribution in [-0.4, -0.2) is 12.1 Å². The Morgan fingerprint density at radius 1 is 1.19 bits per heavy atom. The molecule has 88 valence electrons. The van der Waals surface area contributed by atoms with E-state index >= 15 is 0 Å². The number of hydrogen-bond donors (Lipinski definition) is 1. The van der Waals surface area contributed by atoms with Gasteiger partial charge in [0, 0.05) is 0 Å². The Morgan fingerprint density at radius 3 is 2.56 bits per heavy atom. The maximum absolute atomic E-state index is 6.29. The molecular weight excluding hydrogens is 222 g/mol. The molecule has 0 bridgehead atoms. The van der Waals surface area contributed by atoms with Crippen LogP contribution in [-0.2, 0) is 0 Å². The van der Waals surface area contributed by atoms with Crippen LogP contribution in [0.3, 0.4) is 0 Å². The molecule has 1 aliphatic rings. The molecule has 0 unspecified atom stereocenters. The summed E-state index contributed by atoms with van der Waals surface area (Å²) in [6, 6.07) is 7.54. The van der Waals surface area contributed by atoms with Crippen LogP contribution in [0.4, 0.5) is 0 Å². The van der Waals surface area contributed by atoms with Crippen molar-refractivity contribution < 1.29 is 4.74 Å². The summed E-state index contributed by atoms with van der Waals surface area (Å²) in [6.45, 7) is 0.566. The molecule has 2 N–H and O–H groups in total. The lowest BCUT2D eigenvalue weighted by atomic mass is 9.83. The van der Waals surface area contributed by atoms with Crippen LogP contribution >= 0.6 is 11.6 Å². The standard InChI is InChI=1S/C13H18ClNO/c14-11-6-2-3-7-12(11)16-10-13(15)8-4-1-5-9-13/h2-3,6-7H,1,4-5,8-10,15H2. The van der Waals surface area contributed by atoms with Crippen molar-refractivity contribution in [2.45, 2.75) is 37.6 Å². The Morgan fingerprint density at radius 2 is 1.88 bits per heavy atom. The average Bonchev–Trinajstić information content (AvgIpc) is 2.29. The Bertz CT molecular complexity index is 348. The van der Waals surface area contributed by atoms with E-state index in [1.807, 2.05) is 24.3 Å². The Hall–Kier alpha value is -0.730. The summed E-state index contributed by atoms with van der Waals surface area (Å²) >= 11 is 6.02. The lowest BCUT2D eigenvalue weighted by Gasteiger charge is -2.33. The predicted octanol–water partition coefficient (Wildman–Crippen LogP) is 3.38. The zero-order valence-electron chi connectivity index (χ0n) is 9.42. The zero-order chi connectivity index (χ0) is 11.4. The van der Waals surface area contributed by atoms with Gasteiger partial charge in [0.1, 0.15) is 12.4 Å². The van der Waals surface area contributed by atoms with Gasteiger partial charge < -0.3 is 10.5 Å². The fraction of sp³-hybridized carbons (Fsp3) is 0.538. The summed E-state index contributed by atoms with van der Waals surface area (Å²) in [5, 5.41) is 0.655. The lowest BCUT2D eigenvalue weighted by molar-refractivity contribution is 0.174. The van der Waals surface area contributed by atoms with Gasteiger partial charge in [-0.15, -0.1) is 0 Å². The third-order valence-corrected chi connectivity index (χ3v) is 3.51. The normalized spacial score (nSPS) is 19.4. The van der Waals surface area contributed by atoms with Gasteiger partial charge in [0.05, 0.1) is 10.6 Å². The van der Waals surface area contributed by atoms with Gasteiger partial charge in [0.15, 0.2) is 0 Å². The van der Waals surface area contributed by atoms with Gasteiger partial charge in [-0.1, -0.05) is 43.0 Å². The molecule has 0 aromatic heterocycles. The van der Waals surface area contributed by atoms with E-state index in [4.69, 9.17) is 22.1 Å². The fourth-order valence-electron chi connectivity index (χ4n) is 2.18. The number of nitrogens with two attached hydrogens (primary N) is 1. The molecule has 0 saturated heterocycles. The minimum Gasteiger partial charge on any atom is -0.490 e. The van der Waals surface area contributed by atoms with Crippen molar-refractivity contribution in [1.29, 1.82) is 0 Å². The Labute approximate surface area is 102 Å². The Kier molecular flexibility index (Phi) is 3.72. The number of ether oxygens (including phenoxy) is 1. The molecule has 1 aromatic carbocycles. The van der Waals surface area contributed by atoms with Gasteiger partial charge >= 0.3 is 0 Å². The van der Waals surface area contributed by atoms with Crippen LogP contribution in [0.2, 0.25) is 5.02 Å². The van der Waals surface area contributed by atoms with Gasteiger partial charge in [0.2, 0.25) is 0 Å². The molecule has 0 atom stereocenters. The SMILES string of the molecule is NC1(COc2ccccc2Cl)CCCCC1. The van der Waals surface area contributed by atoms with Gasteiger partial charge in [-0.3, -0.25) is 0 Å². The summed E-state index contributed by atoms with van der Waals surface area (Å²) in [6.07, 6.45) is 5.82. The molecule has 0 radical (unpaired) electrons. The van der Waals surface area contributed by atoms with Crippen LogP contribution in [0.15, 0.2) is 24.3 Å². The van der Waals surface area contributed by atoms with E-state index in [9.17, 15) is 0 Å².